The van der Waals surface area contributed by atoms with Crippen molar-refractivity contribution in [1.82, 2.24) is 9.88 Å². The molecule has 6 nitrogen and oxygen atoms in total. The van der Waals surface area contributed by atoms with E-state index in [4.69, 9.17) is 16.0 Å². The molecule has 0 radical (unpaired) electrons. The van der Waals surface area contributed by atoms with Crippen LogP contribution in [0.3, 0.4) is 0 Å². The molecule has 9 heteroatoms. The summed E-state index contributed by atoms with van der Waals surface area (Å²) in [5.74, 6) is 0.0189. The molecule has 1 saturated heterocycles. The minimum Gasteiger partial charge on any atom is -0.431 e. The first-order valence-corrected chi connectivity index (χ1v) is 11.1. The Kier molecular flexibility index (Phi) is 4.88. The van der Waals surface area contributed by atoms with Crippen LogP contribution in [0.5, 0.6) is 0 Å². The number of hydrogen-bond acceptors (Lipinski definition) is 6. The summed E-state index contributed by atoms with van der Waals surface area (Å²) in [5, 5.41) is 0.322. The van der Waals surface area contributed by atoms with Crippen LogP contribution in [0, 0.1) is 0 Å². The highest BCUT2D eigenvalue weighted by atomic mass is 35.5. The van der Waals surface area contributed by atoms with E-state index in [1.165, 1.54) is 28.8 Å². The van der Waals surface area contributed by atoms with E-state index in [0.717, 1.165) is 5.52 Å². The molecule has 0 spiro atoms. The van der Waals surface area contributed by atoms with E-state index in [1.54, 1.807) is 12.1 Å². The Morgan fingerprint density at radius 1 is 1.19 bits per heavy atom. The average molecular weight is 423 g/mol. The largest absolute Gasteiger partial charge is 0.431 e. The zero-order valence-electron chi connectivity index (χ0n) is 14.0. The molecule has 140 valence electrons. The van der Waals surface area contributed by atoms with Gasteiger partial charge in [0.15, 0.2) is 15.4 Å². The Morgan fingerprint density at radius 3 is 2.59 bits per heavy atom. The molecule has 0 saturated carbocycles. The lowest BCUT2D eigenvalue weighted by molar-refractivity contribution is -0.131. The standard InChI is InChI=1S/C18H15ClN2O4S2/c19-12-5-7-13(8-6-12)27(23,24)14-9-21(10-14)17(22)11-26-18-20-15-3-1-2-4-16(15)25-18/h1-8,14H,9-11H2. The topological polar surface area (TPSA) is 80.5 Å². The second kappa shape index (κ2) is 7.18. The lowest BCUT2D eigenvalue weighted by Crippen LogP contribution is -2.57. The van der Waals surface area contributed by atoms with Crippen LogP contribution in [0.15, 0.2) is 63.1 Å². The summed E-state index contributed by atoms with van der Waals surface area (Å²) in [6.45, 7) is 0.385. The van der Waals surface area contributed by atoms with Gasteiger partial charge in [0.05, 0.1) is 10.6 Å². The van der Waals surface area contributed by atoms with Crippen molar-refractivity contribution in [3.63, 3.8) is 0 Å². The van der Waals surface area contributed by atoms with Gasteiger partial charge in [-0.2, -0.15) is 0 Å². The number of sulfone groups is 1. The summed E-state index contributed by atoms with van der Waals surface area (Å²) in [6, 6.07) is 13.5. The molecule has 0 bridgehead atoms. The van der Waals surface area contributed by atoms with Gasteiger partial charge < -0.3 is 9.32 Å². The normalized spacial score (nSPS) is 15.1. The van der Waals surface area contributed by atoms with E-state index >= 15 is 0 Å². The number of carbonyl (C=O) groups excluding carboxylic acids is 1. The first kappa shape index (κ1) is 18.3. The van der Waals surface area contributed by atoms with Crippen LogP contribution in [0.25, 0.3) is 11.1 Å². The van der Waals surface area contributed by atoms with Gasteiger partial charge in [0.25, 0.3) is 5.22 Å². The lowest BCUT2D eigenvalue weighted by atomic mass is 10.2. The van der Waals surface area contributed by atoms with Gasteiger partial charge in [-0.15, -0.1) is 0 Å². The lowest BCUT2D eigenvalue weighted by Gasteiger charge is -2.38. The number of rotatable bonds is 5. The number of likely N-dealkylation sites (tertiary alicyclic amines) is 1. The van der Waals surface area contributed by atoms with E-state index in [9.17, 15) is 13.2 Å². The van der Waals surface area contributed by atoms with Gasteiger partial charge in [-0.05, 0) is 36.4 Å². The molecular weight excluding hydrogens is 408 g/mol. The summed E-state index contributed by atoms with van der Waals surface area (Å²) in [4.78, 5) is 18.4. The molecule has 2 aromatic carbocycles. The molecular formula is C18H15ClN2O4S2. The number of aromatic nitrogens is 1. The molecule has 0 N–H and O–H groups in total. The van der Waals surface area contributed by atoms with Gasteiger partial charge in [0.1, 0.15) is 10.8 Å². The van der Waals surface area contributed by atoms with Crippen LogP contribution < -0.4 is 0 Å². The number of hydrogen-bond donors (Lipinski definition) is 0. The second-order valence-corrected chi connectivity index (χ2v) is 9.75. The summed E-state index contributed by atoms with van der Waals surface area (Å²) >= 11 is 7.01. The van der Waals surface area contributed by atoms with Crippen molar-refractivity contribution in [3.8, 4) is 0 Å². The number of halogens is 1. The Balaban J connectivity index is 1.33. The van der Waals surface area contributed by atoms with E-state index in [0.29, 0.717) is 15.8 Å². The Hall–Kier alpha value is -2.03. The minimum absolute atomic E-state index is 0.134. The first-order valence-electron chi connectivity index (χ1n) is 8.19. The molecule has 2 heterocycles. The van der Waals surface area contributed by atoms with Crippen LogP contribution in [0.1, 0.15) is 0 Å². The van der Waals surface area contributed by atoms with E-state index in [2.05, 4.69) is 4.98 Å². The molecule has 1 aliphatic rings. The fourth-order valence-corrected chi connectivity index (χ4v) is 5.30. The van der Waals surface area contributed by atoms with Gasteiger partial charge in [-0.1, -0.05) is 35.5 Å². The van der Waals surface area contributed by atoms with Crippen molar-refractivity contribution in [3.05, 3.63) is 53.6 Å². The average Bonchev–Trinajstić information content (AvgIpc) is 3.02. The van der Waals surface area contributed by atoms with Crippen molar-refractivity contribution >= 4 is 50.2 Å². The summed E-state index contributed by atoms with van der Waals surface area (Å²) in [6.07, 6.45) is 0. The first-order chi connectivity index (χ1) is 12.9. The van der Waals surface area contributed by atoms with Crippen molar-refractivity contribution in [2.75, 3.05) is 18.8 Å². The highest BCUT2D eigenvalue weighted by molar-refractivity contribution is 7.99. The number of oxazole rings is 1. The molecule has 0 atom stereocenters. The van der Waals surface area contributed by atoms with Gasteiger partial charge in [-0.25, -0.2) is 13.4 Å². The molecule has 27 heavy (non-hydrogen) atoms. The highest BCUT2D eigenvalue weighted by Crippen LogP contribution is 2.27. The maximum absolute atomic E-state index is 12.6. The van der Waals surface area contributed by atoms with Crippen LogP contribution in [0.4, 0.5) is 0 Å². The Bertz CT molecular complexity index is 1060. The monoisotopic (exact) mass is 422 g/mol. The maximum atomic E-state index is 12.6. The van der Waals surface area contributed by atoms with Gasteiger partial charge in [-0.3, -0.25) is 4.79 Å². The van der Waals surface area contributed by atoms with Crippen LogP contribution in [-0.4, -0.2) is 48.3 Å². The van der Waals surface area contributed by atoms with Crippen LogP contribution in [0.2, 0.25) is 5.02 Å². The van der Waals surface area contributed by atoms with Crippen molar-refractivity contribution in [1.29, 1.82) is 0 Å². The fourth-order valence-electron chi connectivity index (χ4n) is 2.78. The number of fused-ring (bicyclic) bond motifs is 1. The van der Waals surface area contributed by atoms with Gasteiger partial charge in [0, 0.05) is 18.1 Å². The third-order valence-corrected chi connectivity index (χ3v) is 7.55. The molecule has 0 aliphatic carbocycles. The Morgan fingerprint density at radius 2 is 1.89 bits per heavy atom. The predicted molar refractivity (Wildman–Crippen MR) is 104 cm³/mol. The quantitative estimate of drug-likeness (QED) is 0.587. The Labute approximate surface area is 165 Å². The van der Waals surface area contributed by atoms with Gasteiger partial charge in [0.2, 0.25) is 5.91 Å². The van der Waals surface area contributed by atoms with E-state index in [-0.39, 0.29) is 29.6 Å². The molecule has 1 amide bonds. The third-order valence-electron chi connectivity index (χ3n) is 4.38. The number of nitrogens with zero attached hydrogens (tertiary/aromatic N) is 2. The molecule has 1 aliphatic heterocycles. The van der Waals surface area contributed by atoms with Crippen molar-refractivity contribution < 1.29 is 17.6 Å². The number of carbonyl (C=O) groups is 1. The molecule has 0 unspecified atom stereocenters. The summed E-state index contributed by atoms with van der Waals surface area (Å²) < 4.78 is 30.7. The van der Waals surface area contributed by atoms with E-state index in [1.807, 2.05) is 24.3 Å². The third kappa shape index (κ3) is 3.69. The SMILES string of the molecule is O=C(CSc1nc2ccccc2o1)N1CC(S(=O)(=O)c2ccc(Cl)cc2)C1. The highest BCUT2D eigenvalue weighted by Gasteiger charge is 2.40. The van der Waals surface area contributed by atoms with Crippen LogP contribution in [-0.2, 0) is 14.6 Å². The smallest absolute Gasteiger partial charge is 0.257 e. The van der Waals surface area contributed by atoms with E-state index < -0.39 is 15.1 Å². The zero-order chi connectivity index (χ0) is 19.0. The number of para-hydroxylation sites is 2. The molecule has 3 aromatic rings. The summed E-state index contributed by atoms with van der Waals surface area (Å²) in [5.41, 5.74) is 1.41. The number of thioether (sulfide) groups is 1. The number of benzene rings is 2. The van der Waals surface area contributed by atoms with Crippen molar-refractivity contribution in [2.24, 2.45) is 0 Å². The minimum atomic E-state index is -3.46. The second-order valence-electron chi connectivity index (χ2n) is 6.16. The molecule has 1 aromatic heterocycles. The van der Waals surface area contributed by atoms with Crippen LogP contribution >= 0.6 is 23.4 Å². The molecule has 4 rings (SSSR count). The summed E-state index contributed by atoms with van der Waals surface area (Å²) in [7, 11) is -3.46. The zero-order valence-corrected chi connectivity index (χ0v) is 16.4. The predicted octanol–water partition coefficient (Wildman–Crippen LogP) is 3.26. The maximum Gasteiger partial charge on any atom is 0.257 e. The number of amides is 1. The van der Waals surface area contributed by atoms with Crippen molar-refractivity contribution in [2.45, 2.75) is 15.4 Å². The fraction of sp³-hybridized carbons (Fsp3) is 0.222. The molecule has 1 fully saturated rings. The van der Waals surface area contributed by atoms with Gasteiger partial charge >= 0.3 is 0 Å².